The minimum atomic E-state index is -1.08. The van der Waals surface area contributed by atoms with Gasteiger partial charge in [0.1, 0.15) is 11.6 Å². The molecule has 2 unspecified atom stereocenters. The Bertz CT molecular complexity index is 954. The molecule has 1 saturated heterocycles. The Hall–Kier alpha value is -2.64. The number of carboxylic acid groups (broad SMARTS) is 1. The number of ether oxygens (including phenoxy) is 1. The highest BCUT2D eigenvalue weighted by Gasteiger charge is 2.31. The van der Waals surface area contributed by atoms with E-state index in [1.54, 1.807) is 30.3 Å². The van der Waals surface area contributed by atoms with Gasteiger partial charge in [-0.15, -0.1) is 0 Å². The number of carbonyl (C=O) groups is 2. The molecule has 0 radical (unpaired) electrons. The van der Waals surface area contributed by atoms with Crippen LogP contribution >= 0.6 is 11.6 Å². The van der Waals surface area contributed by atoms with E-state index in [2.05, 4.69) is 11.8 Å². The number of benzene rings is 2. The minimum absolute atomic E-state index is 0.0462. The number of nitrogens with zero attached hydrogens (tertiary/aromatic N) is 2. The Kier molecular flexibility index (Phi) is 8.10. The summed E-state index contributed by atoms with van der Waals surface area (Å²) in [5.41, 5.74) is 1.79. The largest absolute Gasteiger partial charge is 0.482 e. The molecule has 1 amide bonds. The maximum Gasteiger partial charge on any atom is 0.341 e. The Morgan fingerprint density at radius 1 is 1.12 bits per heavy atom. The Balaban J connectivity index is 1.58. The van der Waals surface area contributed by atoms with Gasteiger partial charge in [-0.3, -0.25) is 9.69 Å². The predicted octanol–water partition coefficient (Wildman–Crippen LogP) is 4.00. The molecule has 0 aliphatic carbocycles. The molecule has 172 valence electrons. The van der Waals surface area contributed by atoms with Gasteiger partial charge in [-0.1, -0.05) is 29.8 Å². The molecule has 32 heavy (non-hydrogen) atoms. The lowest BCUT2D eigenvalue weighted by Gasteiger charge is -2.44. The van der Waals surface area contributed by atoms with Crippen LogP contribution in [0.4, 0.5) is 4.39 Å². The van der Waals surface area contributed by atoms with Crippen molar-refractivity contribution < 1.29 is 23.8 Å². The van der Waals surface area contributed by atoms with Crippen molar-refractivity contribution in [1.82, 2.24) is 9.80 Å². The third-order valence-corrected chi connectivity index (χ3v) is 5.96. The van der Waals surface area contributed by atoms with Crippen LogP contribution in [0.15, 0.2) is 42.5 Å². The fraction of sp³-hybridized carbons (Fsp3) is 0.417. The van der Waals surface area contributed by atoms with Crippen LogP contribution in [0.5, 0.6) is 5.75 Å². The highest BCUT2D eigenvalue weighted by Crippen LogP contribution is 2.26. The first-order chi connectivity index (χ1) is 15.2. The molecule has 0 aromatic heterocycles. The van der Waals surface area contributed by atoms with Crippen LogP contribution < -0.4 is 4.74 Å². The quantitative estimate of drug-likeness (QED) is 0.642. The second-order valence-corrected chi connectivity index (χ2v) is 8.67. The average Bonchev–Trinajstić information content (AvgIpc) is 2.75. The summed E-state index contributed by atoms with van der Waals surface area (Å²) in [6.07, 6.45) is 0.724. The standard InChI is InChI=1S/C24H28ClFN2O4/c1-16-13-28(17(2)12-27(16)14-18-3-8-21(26)9-4-18)23(29)10-6-19-5-7-20(25)11-22(19)32-15-24(30)31/h3-5,7-9,11,16-17H,6,10,12-15H2,1-2H3,(H,30,31). The topological polar surface area (TPSA) is 70.1 Å². The summed E-state index contributed by atoms with van der Waals surface area (Å²) in [7, 11) is 0. The molecule has 1 fully saturated rings. The number of piperazine rings is 1. The minimum Gasteiger partial charge on any atom is -0.482 e. The SMILES string of the molecule is CC1CN(C(=O)CCc2ccc(Cl)cc2OCC(=O)O)C(C)CN1Cc1ccc(F)cc1. The lowest BCUT2D eigenvalue weighted by atomic mass is 10.0. The summed E-state index contributed by atoms with van der Waals surface area (Å²) in [6.45, 7) is 5.72. The lowest BCUT2D eigenvalue weighted by Crippen LogP contribution is -2.57. The first kappa shape index (κ1) is 24.0. The van der Waals surface area contributed by atoms with Crippen LogP contribution in [0, 0.1) is 5.82 Å². The van der Waals surface area contributed by atoms with Crippen LogP contribution in [-0.4, -0.2) is 58.6 Å². The molecule has 0 bridgehead atoms. The van der Waals surface area contributed by atoms with Gasteiger partial charge in [0.25, 0.3) is 0 Å². The second-order valence-electron chi connectivity index (χ2n) is 8.23. The van der Waals surface area contributed by atoms with Crippen molar-refractivity contribution in [3.8, 4) is 5.75 Å². The van der Waals surface area contributed by atoms with Crippen molar-refractivity contribution in [1.29, 1.82) is 0 Å². The lowest BCUT2D eigenvalue weighted by molar-refractivity contribution is -0.139. The third kappa shape index (κ3) is 6.43. The number of aliphatic carboxylic acids is 1. The van der Waals surface area contributed by atoms with E-state index in [1.165, 1.54) is 12.1 Å². The molecule has 1 aliphatic rings. The number of amides is 1. The summed E-state index contributed by atoms with van der Waals surface area (Å²) in [5, 5.41) is 9.31. The van der Waals surface area contributed by atoms with E-state index in [1.807, 2.05) is 11.8 Å². The molecule has 8 heteroatoms. The Labute approximate surface area is 192 Å². The molecule has 3 rings (SSSR count). The van der Waals surface area contributed by atoms with E-state index in [-0.39, 0.29) is 23.8 Å². The number of hydrogen-bond donors (Lipinski definition) is 1. The molecule has 6 nitrogen and oxygen atoms in total. The zero-order valence-corrected chi connectivity index (χ0v) is 19.0. The van der Waals surface area contributed by atoms with E-state index < -0.39 is 12.6 Å². The molecule has 1 aliphatic heterocycles. The Morgan fingerprint density at radius 2 is 1.84 bits per heavy atom. The number of carboxylic acids is 1. The van der Waals surface area contributed by atoms with Gasteiger partial charge in [0, 0.05) is 43.2 Å². The highest BCUT2D eigenvalue weighted by molar-refractivity contribution is 6.30. The zero-order valence-electron chi connectivity index (χ0n) is 18.3. The fourth-order valence-corrected chi connectivity index (χ4v) is 4.15. The van der Waals surface area contributed by atoms with Crippen LogP contribution in [0.2, 0.25) is 5.02 Å². The molecule has 0 saturated carbocycles. The van der Waals surface area contributed by atoms with E-state index in [4.69, 9.17) is 21.4 Å². The van der Waals surface area contributed by atoms with Gasteiger partial charge in [0.05, 0.1) is 0 Å². The maximum absolute atomic E-state index is 13.2. The molecular formula is C24H28ClFN2O4. The molecule has 2 aromatic carbocycles. The third-order valence-electron chi connectivity index (χ3n) is 5.72. The van der Waals surface area contributed by atoms with Crippen LogP contribution in [-0.2, 0) is 22.6 Å². The maximum atomic E-state index is 13.2. The van der Waals surface area contributed by atoms with Gasteiger partial charge in [0.15, 0.2) is 6.61 Å². The number of halogens is 2. The van der Waals surface area contributed by atoms with Crippen molar-refractivity contribution >= 4 is 23.5 Å². The molecule has 0 spiro atoms. The number of carbonyl (C=O) groups excluding carboxylic acids is 1. The number of aryl methyl sites for hydroxylation is 1. The van der Waals surface area contributed by atoms with E-state index in [9.17, 15) is 14.0 Å². The van der Waals surface area contributed by atoms with E-state index in [0.29, 0.717) is 36.7 Å². The second kappa shape index (κ2) is 10.8. The van der Waals surface area contributed by atoms with Crippen molar-refractivity contribution in [2.75, 3.05) is 19.7 Å². The van der Waals surface area contributed by atoms with Crippen molar-refractivity contribution in [3.63, 3.8) is 0 Å². The van der Waals surface area contributed by atoms with Gasteiger partial charge in [-0.05, 0) is 55.7 Å². The van der Waals surface area contributed by atoms with Gasteiger partial charge >= 0.3 is 5.97 Å². The van der Waals surface area contributed by atoms with Gasteiger partial charge in [-0.25, -0.2) is 9.18 Å². The normalized spacial score (nSPS) is 19.1. The van der Waals surface area contributed by atoms with Crippen molar-refractivity contribution in [2.45, 2.75) is 45.3 Å². The predicted molar refractivity (Wildman–Crippen MR) is 120 cm³/mol. The van der Waals surface area contributed by atoms with Gasteiger partial charge in [0.2, 0.25) is 5.91 Å². The zero-order chi connectivity index (χ0) is 23.3. The molecule has 2 atom stereocenters. The molecule has 1 heterocycles. The monoisotopic (exact) mass is 462 g/mol. The smallest absolute Gasteiger partial charge is 0.341 e. The Morgan fingerprint density at radius 3 is 2.53 bits per heavy atom. The summed E-state index contributed by atoms with van der Waals surface area (Å²) in [5.74, 6) is -0.890. The van der Waals surface area contributed by atoms with Gasteiger partial charge in [-0.2, -0.15) is 0 Å². The highest BCUT2D eigenvalue weighted by atomic mass is 35.5. The number of rotatable bonds is 8. The van der Waals surface area contributed by atoms with Crippen molar-refractivity contribution in [3.05, 3.63) is 64.4 Å². The van der Waals surface area contributed by atoms with Crippen LogP contribution in [0.3, 0.4) is 0 Å². The van der Waals surface area contributed by atoms with E-state index >= 15 is 0 Å². The first-order valence-electron chi connectivity index (χ1n) is 10.6. The summed E-state index contributed by atoms with van der Waals surface area (Å²) >= 11 is 6.01. The van der Waals surface area contributed by atoms with Crippen LogP contribution in [0.25, 0.3) is 0 Å². The molecular weight excluding hydrogens is 435 g/mol. The van der Waals surface area contributed by atoms with Crippen LogP contribution in [0.1, 0.15) is 31.4 Å². The number of hydrogen-bond acceptors (Lipinski definition) is 4. The summed E-state index contributed by atoms with van der Waals surface area (Å²) in [4.78, 5) is 28.0. The van der Waals surface area contributed by atoms with Crippen molar-refractivity contribution in [2.24, 2.45) is 0 Å². The van der Waals surface area contributed by atoms with E-state index in [0.717, 1.165) is 17.7 Å². The fourth-order valence-electron chi connectivity index (χ4n) is 3.98. The summed E-state index contributed by atoms with van der Waals surface area (Å²) < 4.78 is 18.5. The molecule has 2 aromatic rings. The molecule has 1 N–H and O–H groups in total. The summed E-state index contributed by atoms with van der Waals surface area (Å²) in [6, 6.07) is 11.8. The first-order valence-corrected chi connectivity index (χ1v) is 11.0. The van der Waals surface area contributed by atoms with Gasteiger partial charge < -0.3 is 14.7 Å². The average molecular weight is 463 g/mol.